The van der Waals surface area contributed by atoms with Crippen molar-refractivity contribution in [1.82, 2.24) is 19.4 Å². The zero-order valence-corrected chi connectivity index (χ0v) is 16.2. The molecule has 0 saturated carbocycles. The maximum atomic E-state index is 13.9. The normalized spacial score (nSPS) is 10.9. The largest absolute Gasteiger partial charge is 0.485 e. The van der Waals surface area contributed by atoms with Gasteiger partial charge in [0.15, 0.2) is 11.4 Å². The first-order valence-electron chi connectivity index (χ1n) is 9.08. The Morgan fingerprint density at radius 3 is 2.60 bits per heavy atom. The lowest BCUT2D eigenvalue weighted by molar-refractivity contribution is 0.102. The smallest absolute Gasteiger partial charge is 0.276 e. The van der Waals surface area contributed by atoms with E-state index in [0.29, 0.717) is 17.0 Å². The highest BCUT2D eigenvalue weighted by atomic mass is 19.1. The highest BCUT2D eigenvalue weighted by Gasteiger charge is 2.20. The van der Waals surface area contributed by atoms with Crippen molar-refractivity contribution >= 4 is 17.5 Å². The van der Waals surface area contributed by atoms with Crippen molar-refractivity contribution in [2.24, 2.45) is 0 Å². The SMILES string of the molecule is Cc1ccnc(NC(=O)c2c(C)nc3c(OCc4c(F)cccc4F)cccn23)n1. The molecule has 3 heterocycles. The molecule has 0 aliphatic carbocycles. The van der Waals surface area contributed by atoms with Gasteiger partial charge in [-0.15, -0.1) is 0 Å². The summed E-state index contributed by atoms with van der Waals surface area (Å²) in [4.78, 5) is 25.4. The number of rotatable bonds is 5. The van der Waals surface area contributed by atoms with E-state index in [2.05, 4.69) is 20.3 Å². The summed E-state index contributed by atoms with van der Waals surface area (Å²) in [5, 5.41) is 2.65. The van der Waals surface area contributed by atoms with Gasteiger partial charge in [0.25, 0.3) is 5.91 Å². The third kappa shape index (κ3) is 3.69. The van der Waals surface area contributed by atoms with E-state index in [9.17, 15) is 13.6 Å². The number of pyridine rings is 1. The van der Waals surface area contributed by atoms with Crippen LogP contribution >= 0.6 is 0 Å². The fourth-order valence-corrected chi connectivity index (χ4v) is 3.03. The number of hydrogen-bond donors (Lipinski definition) is 1. The monoisotopic (exact) mass is 409 g/mol. The molecular formula is C21H17F2N5O2. The maximum Gasteiger partial charge on any atom is 0.276 e. The number of nitrogens with one attached hydrogen (secondary N) is 1. The van der Waals surface area contributed by atoms with Gasteiger partial charge < -0.3 is 4.74 Å². The van der Waals surface area contributed by atoms with Crippen molar-refractivity contribution in [1.29, 1.82) is 0 Å². The van der Waals surface area contributed by atoms with Crippen LogP contribution in [0.2, 0.25) is 0 Å². The number of ether oxygens (including phenoxy) is 1. The molecule has 0 aliphatic heterocycles. The van der Waals surface area contributed by atoms with E-state index in [1.54, 1.807) is 48.8 Å². The number of halogens is 2. The zero-order valence-electron chi connectivity index (χ0n) is 16.2. The second kappa shape index (κ2) is 7.86. The number of hydrogen-bond acceptors (Lipinski definition) is 5. The minimum absolute atomic E-state index is 0.178. The summed E-state index contributed by atoms with van der Waals surface area (Å²) in [6.07, 6.45) is 3.20. The van der Waals surface area contributed by atoms with Gasteiger partial charge in [-0.25, -0.2) is 23.7 Å². The average Bonchev–Trinajstić information content (AvgIpc) is 3.04. The molecule has 3 aromatic heterocycles. The van der Waals surface area contributed by atoms with Gasteiger partial charge in [-0.1, -0.05) is 6.07 Å². The first kappa shape index (κ1) is 19.4. The topological polar surface area (TPSA) is 81.4 Å². The summed E-state index contributed by atoms with van der Waals surface area (Å²) in [5.41, 5.74) is 1.61. The van der Waals surface area contributed by atoms with Gasteiger partial charge in [-0.05, 0) is 44.2 Å². The number of amides is 1. The van der Waals surface area contributed by atoms with Crippen LogP contribution in [0.3, 0.4) is 0 Å². The Bertz CT molecular complexity index is 1240. The van der Waals surface area contributed by atoms with Gasteiger partial charge in [0.2, 0.25) is 5.95 Å². The van der Waals surface area contributed by atoms with Gasteiger partial charge in [0, 0.05) is 18.1 Å². The molecule has 9 heteroatoms. The Labute approximate surface area is 170 Å². The van der Waals surface area contributed by atoms with E-state index in [1.807, 2.05) is 0 Å². The van der Waals surface area contributed by atoms with Crippen LogP contribution in [0.4, 0.5) is 14.7 Å². The molecule has 0 atom stereocenters. The maximum absolute atomic E-state index is 13.9. The molecule has 0 saturated heterocycles. The van der Waals surface area contributed by atoms with E-state index >= 15 is 0 Å². The molecule has 30 heavy (non-hydrogen) atoms. The van der Waals surface area contributed by atoms with Gasteiger partial charge in [-0.3, -0.25) is 14.5 Å². The number of aromatic nitrogens is 4. The van der Waals surface area contributed by atoms with Crippen molar-refractivity contribution < 1.29 is 18.3 Å². The van der Waals surface area contributed by atoms with Crippen LogP contribution in [0.5, 0.6) is 5.75 Å². The fourth-order valence-electron chi connectivity index (χ4n) is 3.03. The highest BCUT2D eigenvalue weighted by molar-refractivity contribution is 6.03. The quantitative estimate of drug-likeness (QED) is 0.542. The predicted octanol–water partition coefficient (Wildman–Crippen LogP) is 3.85. The number of nitrogens with zero attached hydrogens (tertiary/aromatic N) is 4. The Balaban J connectivity index is 1.64. The molecule has 152 valence electrons. The van der Waals surface area contributed by atoms with Crippen molar-refractivity contribution in [3.63, 3.8) is 0 Å². The molecule has 1 aromatic carbocycles. The minimum atomic E-state index is -0.695. The van der Waals surface area contributed by atoms with Gasteiger partial charge in [0.05, 0.1) is 11.3 Å². The lowest BCUT2D eigenvalue weighted by Crippen LogP contribution is -2.17. The molecule has 4 aromatic rings. The van der Waals surface area contributed by atoms with Crippen LogP contribution in [0, 0.1) is 25.5 Å². The van der Waals surface area contributed by atoms with E-state index in [-0.39, 0.29) is 29.6 Å². The highest BCUT2D eigenvalue weighted by Crippen LogP contribution is 2.24. The summed E-state index contributed by atoms with van der Waals surface area (Å²) in [7, 11) is 0. The molecular weight excluding hydrogens is 392 g/mol. The third-order valence-electron chi connectivity index (χ3n) is 4.46. The molecule has 4 rings (SSSR count). The van der Waals surface area contributed by atoms with Gasteiger partial charge in [0.1, 0.15) is 23.9 Å². The lowest BCUT2D eigenvalue weighted by Gasteiger charge is -2.09. The Kier molecular flexibility index (Phi) is 5.09. The summed E-state index contributed by atoms with van der Waals surface area (Å²) in [5.74, 6) is -1.37. The summed E-state index contributed by atoms with van der Waals surface area (Å²) in [6, 6.07) is 8.61. The van der Waals surface area contributed by atoms with Crippen LogP contribution in [0.15, 0.2) is 48.8 Å². The van der Waals surface area contributed by atoms with Crippen LogP contribution in [-0.4, -0.2) is 25.3 Å². The van der Waals surface area contributed by atoms with Crippen LogP contribution < -0.4 is 10.1 Å². The van der Waals surface area contributed by atoms with Gasteiger partial charge >= 0.3 is 0 Å². The van der Waals surface area contributed by atoms with E-state index in [4.69, 9.17) is 4.74 Å². The van der Waals surface area contributed by atoms with Crippen LogP contribution in [0.1, 0.15) is 27.4 Å². The van der Waals surface area contributed by atoms with E-state index < -0.39 is 17.5 Å². The van der Waals surface area contributed by atoms with Crippen molar-refractivity contribution in [2.75, 3.05) is 5.32 Å². The Morgan fingerprint density at radius 2 is 1.87 bits per heavy atom. The Morgan fingerprint density at radius 1 is 1.10 bits per heavy atom. The van der Waals surface area contributed by atoms with Crippen molar-refractivity contribution in [2.45, 2.75) is 20.5 Å². The van der Waals surface area contributed by atoms with Crippen molar-refractivity contribution in [3.05, 3.63) is 83.1 Å². The fraction of sp³-hybridized carbons (Fsp3) is 0.143. The lowest BCUT2D eigenvalue weighted by atomic mass is 10.2. The summed E-state index contributed by atoms with van der Waals surface area (Å²) in [6.45, 7) is 3.15. The number of aryl methyl sites for hydroxylation is 2. The molecule has 0 aliphatic rings. The average molecular weight is 409 g/mol. The second-order valence-electron chi connectivity index (χ2n) is 6.58. The predicted molar refractivity (Wildman–Crippen MR) is 105 cm³/mol. The van der Waals surface area contributed by atoms with Gasteiger partial charge in [-0.2, -0.15) is 0 Å². The first-order chi connectivity index (χ1) is 14.4. The minimum Gasteiger partial charge on any atom is -0.485 e. The standard InChI is InChI=1S/C21H17F2N5O2/c1-12-8-9-24-21(25-12)27-20(29)18-13(2)26-19-17(7-4-10-28(18)19)30-11-14-15(22)5-3-6-16(14)23/h3-10H,11H2,1-2H3,(H,24,25,27,29). The number of carbonyl (C=O) groups excluding carboxylic acids is 1. The number of anilines is 1. The molecule has 1 N–H and O–H groups in total. The summed E-state index contributed by atoms with van der Waals surface area (Å²) < 4.78 is 34.9. The number of carbonyl (C=O) groups is 1. The zero-order chi connectivity index (χ0) is 21.3. The molecule has 0 bridgehead atoms. The Hall–Kier alpha value is -3.88. The first-order valence-corrected chi connectivity index (χ1v) is 9.08. The number of imidazole rings is 1. The summed E-state index contributed by atoms with van der Waals surface area (Å²) >= 11 is 0. The molecule has 1 amide bonds. The number of benzene rings is 1. The van der Waals surface area contributed by atoms with Crippen LogP contribution in [0.25, 0.3) is 5.65 Å². The van der Waals surface area contributed by atoms with Crippen LogP contribution in [-0.2, 0) is 6.61 Å². The van der Waals surface area contributed by atoms with Crippen molar-refractivity contribution in [3.8, 4) is 5.75 Å². The second-order valence-corrected chi connectivity index (χ2v) is 6.58. The van der Waals surface area contributed by atoms with E-state index in [0.717, 1.165) is 12.1 Å². The van der Waals surface area contributed by atoms with E-state index in [1.165, 1.54) is 6.07 Å². The molecule has 0 spiro atoms. The molecule has 0 radical (unpaired) electrons. The molecule has 7 nitrogen and oxygen atoms in total. The third-order valence-corrected chi connectivity index (χ3v) is 4.46. The number of fused-ring (bicyclic) bond motifs is 1. The molecule has 0 unspecified atom stereocenters. The molecule has 0 fully saturated rings.